The van der Waals surface area contributed by atoms with Gasteiger partial charge in [-0.25, -0.2) is 5.01 Å². The van der Waals surface area contributed by atoms with Crippen LogP contribution in [0.3, 0.4) is 0 Å². The Hall–Kier alpha value is -2.59. The largest absolute Gasteiger partial charge is 0.464 e. The van der Waals surface area contributed by atoms with Crippen LogP contribution in [0.2, 0.25) is 0 Å². The van der Waals surface area contributed by atoms with Crippen molar-refractivity contribution in [2.24, 2.45) is 5.10 Å². The van der Waals surface area contributed by atoms with Crippen LogP contribution in [0.5, 0.6) is 5.75 Å². The number of aryl methyl sites for hydroxylation is 1. The van der Waals surface area contributed by atoms with Gasteiger partial charge in [-0.3, -0.25) is 0 Å². The summed E-state index contributed by atoms with van der Waals surface area (Å²) in [5.74, 6) is 0.948. The Morgan fingerprint density at radius 3 is 2.63 bits per heavy atom. The third-order valence-electron chi connectivity index (χ3n) is 5.22. The van der Waals surface area contributed by atoms with Gasteiger partial charge in [0.2, 0.25) is 6.23 Å². The van der Waals surface area contributed by atoms with E-state index in [1.54, 1.807) is 0 Å². The Labute approximate surface area is 167 Å². The summed E-state index contributed by atoms with van der Waals surface area (Å²) in [6, 6.07) is 25.4. The summed E-state index contributed by atoms with van der Waals surface area (Å²) in [6.45, 7) is 2.11. The molecule has 0 aromatic heterocycles. The highest BCUT2D eigenvalue weighted by Gasteiger charge is 2.40. The zero-order valence-electron chi connectivity index (χ0n) is 15.0. The number of benzene rings is 3. The minimum absolute atomic E-state index is 0.190. The predicted octanol–water partition coefficient (Wildman–Crippen LogP) is 6.00. The minimum Gasteiger partial charge on any atom is -0.464 e. The van der Waals surface area contributed by atoms with E-state index in [9.17, 15) is 0 Å². The molecule has 0 aliphatic carbocycles. The van der Waals surface area contributed by atoms with Crippen LogP contribution in [0, 0.1) is 6.92 Å². The quantitative estimate of drug-likeness (QED) is 0.509. The number of hydrogen-bond donors (Lipinski definition) is 0. The molecular weight excluding hydrogens is 400 g/mol. The highest BCUT2D eigenvalue weighted by molar-refractivity contribution is 9.10. The molecule has 0 spiro atoms. The van der Waals surface area contributed by atoms with E-state index in [0.29, 0.717) is 0 Å². The lowest BCUT2D eigenvalue weighted by molar-refractivity contribution is -0.0190. The molecule has 2 aliphatic heterocycles. The van der Waals surface area contributed by atoms with Crippen molar-refractivity contribution in [2.45, 2.75) is 25.6 Å². The number of hydrogen-bond acceptors (Lipinski definition) is 3. The average Bonchev–Trinajstić information content (AvgIpc) is 3.13. The van der Waals surface area contributed by atoms with Gasteiger partial charge in [0.25, 0.3) is 0 Å². The van der Waals surface area contributed by atoms with E-state index >= 15 is 0 Å². The van der Waals surface area contributed by atoms with Gasteiger partial charge in [0.1, 0.15) is 5.75 Å². The van der Waals surface area contributed by atoms with Gasteiger partial charge in [-0.15, -0.1) is 0 Å². The molecule has 4 heteroatoms. The molecule has 3 nitrogen and oxygen atoms in total. The van der Waals surface area contributed by atoms with Gasteiger partial charge in [0.15, 0.2) is 0 Å². The molecule has 0 saturated heterocycles. The molecule has 3 aromatic carbocycles. The summed E-state index contributed by atoms with van der Waals surface area (Å²) < 4.78 is 7.43. The fourth-order valence-electron chi connectivity index (χ4n) is 3.83. The highest BCUT2D eigenvalue weighted by atomic mass is 79.9. The zero-order chi connectivity index (χ0) is 18.4. The molecule has 0 bridgehead atoms. The second kappa shape index (κ2) is 6.54. The van der Waals surface area contributed by atoms with E-state index in [1.807, 2.05) is 18.2 Å². The molecule has 0 N–H and O–H groups in total. The molecule has 0 radical (unpaired) electrons. The van der Waals surface area contributed by atoms with Gasteiger partial charge in [0, 0.05) is 22.0 Å². The van der Waals surface area contributed by atoms with Gasteiger partial charge < -0.3 is 4.74 Å². The van der Waals surface area contributed by atoms with Crippen molar-refractivity contribution >= 4 is 21.6 Å². The maximum atomic E-state index is 6.39. The number of nitrogens with zero attached hydrogens (tertiary/aromatic N) is 2. The number of hydrazone groups is 1. The lowest BCUT2D eigenvalue weighted by Crippen LogP contribution is -2.33. The molecule has 0 unspecified atom stereocenters. The minimum atomic E-state index is -0.231. The second-order valence-corrected chi connectivity index (χ2v) is 7.99. The molecular formula is C23H19BrN2O. The molecule has 0 saturated carbocycles. The van der Waals surface area contributed by atoms with Crippen LogP contribution in [0.4, 0.5) is 0 Å². The first-order chi connectivity index (χ1) is 13.2. The lowest BCUT2D eigenvalue weighted by Gasteiger charge is -2.38. The fourth-order valence-corrected chi connectivity index (χ4v) is 4.25. The number of halogens is 1. The Bertz CT molecular complexity index is 1030. The third kappa shape index (κ3) is 2.94. The summed E-state index contributed by atoms with van der Waals surface area (Å²) in [4.78, 5) is 0. The van der Waals surface area contributed by atoms with E-state index in [-0.39, 0.29) is 12.3 Å². The number of ether oxygens (including phenoxy) is 1. The van der Waals surface area contributed by atoms with Crippen LogP contribution >= 0.6 is 15.9 Å². The average molecular weight is 419 g/mol. The van der Waals surface area contributed by atoms with Gasteiger partial charge in [-0.05, 0) is 30.7 Å². The summed E-state index contributed by atoms with van der Waals surface area (Å²) in [6.07, 6.45) is 0.652. The van der Waals surface area contributed by atoms with Crippen molar-refractivity contribution in [3.8, 4) is 5.75 Å². The van der Waals surface area contributed by atoms with Crippen LogP contribution in [-0.4, -0.2) is 10.7 Å². The van der Waals surface area contributed by atoms with E-state index in [2.05, 4.69) is 82.5 Å². The van der Waals surface area contributed by atoms with Gasteiger partial charge in [-0.1, -0.05) is 76.1 Å². The third-order valence-corrected chi connectivity index (χ3v) is 5.71. The van der Waals surface area contributed by atoms with Gasteiger partial charge in [-0.2, -0.15) is 5.10 Å². The topological polar surface area (TPSA) is 24.8 Å². The Morgan fingerprint density at radius 1 is 1.00 bits per heavy atom. The summed E-state index contributed by atoms with van der Waals surface area (Å²) in [5, 5.41) is 7.13. The van der Waals surface area contributed by atoms with Crippen molar-refractivity contribution in [3.05, 3.63) is 99.5 Å². The second-order valence-electron chi connectivity index (χ2n) is 7.08. The smallest absolute Gasteiger partial charge is 0.213 e. The summed E-state index contributed by atoms with van der Waals surface area (Å²) >= 11 is 3.58. The zero-order valence-corrected chi connectivity index (χ0v) is 16.6. The van der Waals surface area contributed by atoms with Crippen molar-refractivity contribution in [1.29, 1.82) is 0 Å². The van der Waals surface area contributed by atoms with Crippen molar-refractivity contribution in [1.82, 2.24) is 5.01 Å². The highest BCUT2D eigenvalue weighted by Crippen LogP contribution is 2.47. The molecule has 5 rings (SSSR count). The Balaban J connectivity index is 1.60. The standard InChI is InChI=1S/C23H19BrN2O/c1-15-9-11-16(12-10-15)20-14-21-19-7-2-3-8-22(19)27-23(26(21)25-20)17-5-4-6-18(24)13-17/h2-13,21,23H,14H2,1H3/t21-,23-/m1/s1. The molecule has 2 atom stereocenters. The van der Waals surface area contributed by atoms with Crippen LogP contribution < -0.4 is 4.74 Å². The molecule has 27 heavy (non-hydrogen) atoms. The first kappa shape index (κ1) is 16.6. The van der Waals surface area contributed by atoms with Crippen LogP contribution in [-0.2, 0) is 0 Å². The predicted molar refractivity (Wildman–Crippen MR) is 111 cm³/mol. The van der Waals surface area contributed by atoms with E-state index in [4.69, 9.17) is 9.84 Å². The number of para-hydroxylation sites is 1. The van der Waals surface area contributed by atoms with E-state index in [0.717, 1.165) is 27.9 Å². The van der Waals surface area contributed by atoms with Crippen molar-refractivity contribution in [2.75, 3.05) is 0 Å². The SMILES string of the molecule is Cc1ccc(C2=NN3[C@H](C2)c2ccccc2O[C@@H]3c2cccc(Br)c2)cc1. The van der Waals surface area contributed by atoms with Crippen LogP contribution in [0.25, 0.3) is 0 Å². The molecule has 2 aliphatic rings. The van der Waals surface area contributed by atoms with Crippen LogP contribution in [0.15, 0.2) is 82.4 Å². The normalized spacial score (nSPS) is 20.5. The summed E-state index contributed by atoms with van der Waals surface area (Å²) in [7, 11) is 0. The lowest BCUT2D eigenvalue weighted by atomic mass is 9.95. The van der Waals surface area contributed by atoms with E-state index in [1.165, 1.54) is 16.7 Å². The Morgan fingerprint density at radius 2 is 1.81 bits per heavy atom. The van der Waals surface area contributed by atoms with Crippen LogP contribution in [0.1, 0.15) is 40.9 Å². The summed E-state index contributed by atoms with van der Waals surface area (Å²) in [5.41, 5.74) is 5.85. The van der Waals surface area contributed by atoms with Crippen molar-refractivity contribution < 1.29 is 4.74 Å². The molecule has 0 amide bonds. The molecule has 134 valence electrons. The molecule has 2 heterocycles. The fraction of sp³-hybridized carbons (Fsp3) is 0.174. The van der Waals surface area contributed by atoms with Gasteiger partial charge in [0.05, 0.1) is 11.8 Å². The first-order valence-corrected chi connectivity index (χ1v) is 9.92. The van der Waals surface area contributed by atoms with Gasteiger partial charge >= 0.3 is 0 Å². The maximum absolute atomic E-state index is 6.39. The first-order valence-electron chi connectivity index (χ1n) is 9.13. The Kier molecular flexibility index (Phi) is 4.01. The number of rotatable bonds is 2. The molecule has 0 fully saturated rings. The molecule has 3 aromatic rings. The maximum Gasteiger partial charge on any atom is 0.213 e. The van der Waals surface area contributed by atoms with Crippen molar-refractivity contribution in [3.63, 3.8) is 0 Å². The number of fused-ring (bicyclic) bond motifs is 3. The monoisotopic (exact) mass is 418 g/mol. The van der Waals surface area contributed by atoms with E-state index < -0.39 is 0 Å².